The molecule has 0 heterocycles. The largest absolute Gasteiger partial charge is 0.391 e. The van der Waals surface area contributed by atoms with Crippen LogP contribution in [0, 0.1) is 5.92 Å². The normalized spacial score (nSPS) is 12.9. The second kappa shape index (κ2) is 8.64. The van der Waals surface area contributed by atoms with E-state index in [0.29, 0.717) is 13.2 Å². The molecule has 1 unspecified atom stereocenters. The van der Waals surface area contributed by atoms with Crippen LogP contribution in [0.1, 0.15) is 13.8 Å². The maximum absolute atomic E-state index is 11.1. The molecule has 0 saturated heterocycles. The van der Waals surface area contributed by atoms with Crippen LogP contribution in [0.5, 0.6) is 0 Å². The van der Waals surface area contributed by atoms with Crippen molar-refractivity contribution < 1.29 is 19.4 Å². The third kappa shape index (κ3) is 8.35. The monoisotopic (exact) mass is 219 g/mol. The highest BCUT2D eigenvalue weighted by Crippen LogP contribution is 1.98. The van der Waals surface area contributed by atoms with Gasteiger partial charge in [0.1, 0.15) is 6.61 Å². The summed E-state index contributed by atoms with van der Waals surface area (Å²) in [5.74, 6) is -0.0782. The van der Waals surface area contributed by atoms with Crippen molar-refractivity contribution in [3.63, 3.8) is 0 Å². The zero-order chi connectivity index (χ0) is 11.7. The third-order valence-corrected chi connectivity index (χ3v) is 1.94. The molecule has 0 fully saturated rings. The number of rotatable bonds is 8. The molecule has 1 amide bonds. The second-order valence-electron chi connectivity index (χ2n) is 3.66. The van der Waals surface area contributed by atoms with Crippen molar-refractivity contribution in [2.24, 2.45) is 5.92 Å². The van der Waals surface area contributed by atoms with Gasteiger partial charge in [0, 0.05) is 13.7 Å². The fraction of sp³-hybridized carbons (Fsp3) is 0.900. The van der Waals surface area contributed by atoms with Crippen LogP contribution in [0.15, 0.2) is 0 Å². The molecule has 5 nitrogen and oxygen atoms in total. The first-order valence-corrected chi connectivity index (χ1v) is 5.09. The Labute approximate surface area is 90.8 Å². The number of amides is 1. The van der Waals surface area contributed by atoms with Crippen molar-refractivity contribution in [3.8, 4) is 0 Å². The molecule has 1 atom stereocenters. The van der Waals surface area contributed by atoms with Crippen LogP contribution in [0.2, 0.25) is 0 Å². The fourth-order valence-corrected chi connectivity index (χ4v) is 0.812. The Morgan fingerprint density at radius 1 is 1.40 bits per heavy atom. The number of hydrogen-bond donors (Lipinski definition) is 2. The average molecular weight is 219 g/mol. The highest BCUT2D eigenvalue weighted by molar-refractivity contribution is 5.77. The molecule has 0 spiro atoms. The first-order valence-electron chi connectivity index (χ1n) is 5.09. The summed E-state index contributed by atoms with van der Waals surface area (Å²) in [5.41, 5.74) is 0. The van der Waals surface area contributed by atoms with Gasteiger partial charge in [-0.1, -0.05) is 13.8 Å². The maximum Gasteiger partial charge on any atom is 0.246 e. The Hall–Kier alpha value is -0.650. The van der Waals surface area contributed by atoms with Crippen molar-refractivity contribution in [2.75, 3.05) is 33.5 Å². The highest BCUT2D eigenvalue weighted by Gasteiger charge is 2.10. The fourth-order valence-electron chi connectivity index (χ4n) is 0.812. The molecule has 0 rings (SSSR count). The lowest BCUT2D eigenvalue weighted by atomic mass is 10.1. The number of methoxy groups -OCH3 is 1. The quantitative estimate of drug-likeness (QED) is 0.554. The van der Waals surface area contributed by atoms with Crippen molar-refractivity contribution >= 4 is 5.91 Å². The Morgan fingerprint density at radius 2 is 2.07 bits per heavy atom. The number of carbonyl (C=O) groups excluding carboxylic acids is 1. The van der Waals surface area contributed by atoms with E-state index in [-0.39, 0.29) is 25.0 Å². The zero-order valence-electron chi connectivity index (χ0n) is 9.66. The van der Waals surface area contributed by atoms with E-state index in [4.69, 9.17) is 9.47 Å². The van der Waals surface area contributed by atoms with E-state index in [0.717, 1.165) is 0 Å². The minimum atomic E-state index is -0.507. The molecule has 0 radical (unpaired) electrons. The van der Waals surface area contributed by atoms with Gasteiger partial charge in [0.15, 0.2) is 0 Å². The summed E-state index contributed by atoms with van der Waals surface area (Å²) in [4.78, 5) is 11.1. The lowest BCUT2D eigenvalue weighted by Gasteiger charge is -2.14. The summed E-state index contributed by atoms with van der Waals surface area (Å²) >= 11 is 0. The van der Waals surface area contributed by atoms with Crippen LogP contribution < -0.4 is 5.32 Å². The topological polar surface area (TPSA) is 67.8 Å². The molecule has 5 heteroatoms. The molecule has 0 aliphatic carbocycles. The molecule has 0 saturated carbocycles. The zero-order valence-corrected chi connectivity index (χ0v) is 9.66. The number of aliphatic hydroxyl groups is 1. The summed E-state index contributed by atoms with van der Waals surface area (Å²) < 4.78 is 9.77. The lowest BCUT2D eigenvalue weighted by Crippen LogP contribution is -2.36. The average Bonchev–Trinajstić information content (AvgIpc) is 2.20. The molecule has 0 aliphatic rings. The Morgan fingerprint density at radius 3 is 2.60 bits per heavy atom. The molecule has 0 aliphatic heterocycles. The second-order valence-corrected chi connectivity index (χ2v) is 3.66. The highest BCUT2D eigenvalue weighted by atomic mass is 16.5. The molecule has 0 aromatic carbocycles. The van der Waals surface area contributed by atoms with Gasteiger partial charge in [-0.15, -0.1) is 0 Å². The van der Waals surface area contributed by atoms with Crippen molar-refractivity contribution in [3.05, 3.63) is 0 Å². The smallest absolute Gasteiger partial charge is 0.246 e. The van der Waals surface area contributed by atoms with Gasteiger partial charge >= 0.3 is 0 Å². The van der Waals surface area contributed by atoms with E-state index in [1.165, 1.54) is 0 Å². The molecular weight excluding hydrogens is 198 g/mol. The standard InChI is InChI=1S/C10H21NO4/c1-8(2)9(12)6-11-10(13)7-15-5-4-14-3/h8-9,12H,4-7H2,1-3H3,(H,11,13). The van der Waals surface area contributed by atoms with E-state index >= 15 is 0 Å². The van der Waals surface area contributed by atoms with E-state index in [1.807, 2.05) is 13.8 Å². The van der Waals surface area contributed by atoms with Gasteiger partial charge in [0.05, 0.1) is 19.3 Å². The summed E-state index contributed by atoms with van der Waals surface area (Å²) in [6.45, 7) is 4.94. The molecule has 90 valence electrons. The first kappa shape index (κ1) is 14.3. The molecule has 0 aromatic heterocycles. The number of aliphatic hydroxyl groups excluding tert-OH is 1. The Bertz CT molecular complexity index is 173. The predicted octanol–water partition coefficient (Wildman–Crippen LogP) is -0.217. The van der Waals surface area contributed by atoms with Crippen molar-refractivity contribution in [1.29, 1.82) is 0 Å². The van der Waals surface area contributed by atoms with Gasteiger partial charge in [-0.3, -0.25) is 4.79 Å². The predicted molar refractivity (Wildman–Crippen MR) is 56.5 cm³/mol. The van der Waals surface area contributed by atoms with Crippen molar-refractivity contribution in [2.45, 2.75) is 20.0 Å². The molecule has 15 heavy (non-hydrogen) atoms. The number of nitrogens with one attached hydrogen (secondary N) is 1. The SMILES string of the molecule is COCCOCC(=O)NCC(O)C(C)C. The first-order chi connectivity index (χ1) is 7.07. The van der Waals surface area contributed by atoms with Crippen LogP contribution in [-0.2, 0) is 14.3 Å². The van der Waals surface area contributed by atoms with E-state index < -0.39 is 6.10 Å². The van der Waals surface area contributed by atoms with Crippen LogP contribution in [0.3, 0.4) is 0 Å². The lowest BCUT2D eigenvalue weighted by molar-refractivity contribution is -0.126. The van der Waals surface area contributed by atoms with Gasteiger partial charge in [-0.05, 0) is 5.92 Å². The Kier molecular flexibility index (Phi) is 8.27. The summed E-state index contributed by atoms with van der Waals surface area (Å²) in [6, 6.07) is 0. The number of ether oxygens (including phenoxy) is 2. The third-order valence-electron chi connectivity index (χ3n) is 1.94. The summed E-state index contributed by atoms with van der Waals surface area (Å²) in [7, 11) is 1.57. The van der Waals surface area contributed by atoms with Crippen LogP contribution in [0.4, 0.5) is 0 Å². The molecule has 0 bridgehead atoms. The van der Waals surface area contributed by atoms with E-state index in [9.17, 15) is 9.90 Å². The summed E-state index contributed by atoms with van der Waals surface area (Å²) in [5, 5.41) is 12.0. The number of carbonyl (C=O) groups is 1. The Balaban J connectivity index is 3.41. The molecule has 0 aromatic rings. The maximum atomic E-state index is 11.1. The molecular formula is C10H21NO4. The summed E-state index contributed by atoms with van der Waals surface area (Å²) in [6.07, 6.45) is -0.507. The van der Waals surface area contributed by atoms with Gasteiger partial charge < -0.3 is 19.9 Å². The van der Waals surface area contributed by atoms with Crippen LogP contribution in [0.25, 0.3) is 0 Å². The minimum Gasteiger partial charge on any atom is -0.391 e. The van der Waals surface area contributed by atoms with Gasteiger partial charge in [0.25, 0.3) is 0 Å². The van der Waals surface area contributed by atoms with Gasteiger partial charge in [-0.25, -0.2) is 0 Å². The molecule has 2 N–H and O–H groups in total. The minimum absolute atomic E-state index is 0.00811. The number of hydrogen-bond acceptors (Lipinski definition) is 4. The van der Waals surface area contributed by atoms with Crippen molar-refractivity contribution in [1.82, 2.24) is 5.32 Å². The van der Waals surface area contributed by atoms with Crippen LogP contribution >= 0.6 is 0 Å². The van der Waals surface area contributed by atoms with Gasteiger partial charge in [0.2, 0.25) is 5.91 Å². The van der Waals surface area contributed by atoms with Crippen LogP contribution in [-0.4, -0.2) is 50.6 Å². The van der Waals surface area contributed by atoms with E-state index in [2.05, 4.69) is 5.32 Å². The van der Waals surface area contributed by atoms with Gasteiger partial charge in [-0.2, -0.15) is 0 Å². The van der Waals surface area contributed by atoms with E-state index in [1.54, 1.807) is 7.11 Å².